The highest BCUT2D eigenvalue weighted by atomic mass is 32.3. The molecule has 1 aromatic carbocycles. The Balaban J connectivity index is 2.75. The number of carbonyl (C=O) groups excluding carboxylic acids is 1. The molecule has 2 aromatic rings. The fourth-order valence-electron chi connectivity index (χ4n) is 2.15. The summed E-state index contributed by atoms with van der Waals surface area (Å²) in [4.78, 5) is 14.1. The van der Waals surface area contributed by atoms with E-state index >= 15 is 0 Å². The quantitative estimate of drug-likeness (QED) is 0.533. The van der Waals surface area contributed by atoms with Crippen LogP contribution in [0.1, 0.15) is 17.4 Å². The smallest absolute Gasteiger partial charge is 0.461 e. The summed E-state index contributed by atoms with van der Waals surface area (Å²) in [6.45, 7) is 1.43. The highest BCUT2D eigenvalue weighted by molar-refractivity contribution is 8.11. The van der Waals surface area contributed by atoms with Crippen molar-refractivity contribution in [3.05, 3.63) is 30.0 Å². The van der Waals surface area contributed by atoms with Gasteiger partial charge < -0.3 is 9.72 Å². The molecule has 8 nitrogen and oxygen atoms in total. The minimum Gasteiger partial charge on any atom is -0.461 e. The second-order valence-electron chi connectivity index (χ2n) is 5.27. The molecule has 0 saturated carbocycles. The summed E-state index contributed by atoms with van der Waals surface area (Å²) in [6, 6.07) is 2.58. The molecular weight excluding hydrogens is 458 g/mol. The number of aromatic amines is 1. The molecule has 0 aliphatic rings. The van der Waals surface area contributed by atoms with E-state index in [2.05, 4.69) is 9.72 Å². The molecule has 0 amide bonds. The Morgan fingerprint density at radius 2 is 1.52 bits per heavy atom. The Labute approximate surface area is 159 Å². The van der Waals surface area contributed by atoms with Gasteiger partial charge in [0.1, 0.15) is 5.69 Å². The number of anilines is 1. The number of benzene rings is 1. The fraction of sp³-hybridized carbons (Fsp3) is 0.308. The molecule has 0 atom stereocenters. The van der Waals surface area contributed by atoms with E-state index in [1.165, 1.54) is 6.92 Å². The van der Waals surface area contributed by atoms with Gasteiger partial charge >= 0.3 is 37.0 Å². The summed E-state index contributed by atoms with van der Waals surface area (Å²) in [5.74, 6) is -0.909. The monoisotopic (exact) mass is 468 g/mol. The Bertz CT molecular complexity index is 1110. The molecule has 0 aliphatic carbocycles. The molecule has 0 aliphatic heterocycles. The molecule has 0 unspecified atom stereocenters. The lowest BCUT2D eigenvalue weighted by Gasteiger charge is -2.25. The highest BCUT2D eigenvalue weighted by Gasteiger charge is 2.61. The predicted molar refractivity (Wildman–Crippen MR) is 86.7 cm³/mol. The summed E-state index contributed by atoms with van der Waals surface area (Å²) in [7, 11) is -14.0. The van der Waals surface area contributed by atoms with Crippen LogP contribution in [0.15, 0.2) is 24.3 Å². The molecule has 0 fully saturated rings. The van der Waals surface area contributed by atoms with Crippen molar-refractivity contribution >= 4 is 42.6 Å². The number of nitrogens with one attached hydrogen (secondary N) is 1. The van der Waals surface area contributed by atoms with E-state index < -0.39 is 46.4 Å². The van der Waals surface area contributed by atoms with Gasteiger partial charge in [0.2, 0.25) is 0 Å². The van der Waals surface area contributed by atoms with Crippen LogP contribution in [-0.4, -0.2) is 45.4 Å². The number of nitrogens with zero attached hydrogens (tertiary/aromatic N) is 1. The standard InChI is InChI=1S/C13H10F6N2O6S2/c1-2-27-11(22)10-6-7-5-8(3-4-9(7)20-10)21(28(23,24)12(14,15)16)29(25,26)13(17,18)19/h3-6,20H,2H2,1H3. The maximum absolute atomic E-state index is 12.9. The van der Waals surface area contributed by atoms with Crippen LogP contribution in [-0.2, 0) is 24.8 Å². The zero-order valence-electron chi connectivity index (χ0n) is 14.0. The Hall–Kier alpha value is -2.49. The lowest BCUT2D eigenvalue weighted by Crippen LogP contribution is -2.49. The minimum atomic E-state index is -7.00. The Kier molecular flexibility index (Phi) is 5.57. The molecule has 0 bridgehead atoms. The van der Waals surface area contributed by atoms with Gasteiger partial charge in [-0.2, -0.15) is 43.2 Å². The maximum Gasteiger partial charge on any atom is 0.517 e. The van der Waals surface area contributed by atoms with Crippen molar-refractivity contribution in [1.82, 2.24) is 4.98 Å². The molecule has 0 saturated heterocycles. The number of aromatic nitrogens is 1. The third-order valence-corrected chi connectivity index (χ3v) is 6.97. The number of sulfonamides is 2. The first kappa shape index (κ1) is 22.8. The van der Waals surface area contributed by atoms with E-state index in [-0.39, 0.29) is 23.2 Å². The fourth-order valence-corrected chi connectivity index (χ4v) is 4.85. The van der Waals surface area contributed by atoms with Gasteiger partial charge in [-0.05, 0) is 31.2 Å². The van der Waals surface area contributed by atoms with Crippen molar-refractivity contribution in [1.29, 1.82) is 0 Å². The summed E-state index contributed by atoms with van der Waals surface area (Å²) in [5.41, 5.74) is -14.4. The number of hydrogen-bond acceptors (Lipinski definition) is 6. The Morgan fingerprint density at radius 3 is 1.97 bits per heavy atom. The molecule has 0 spiro atoms. The van der Waals surface area contributed by atoms with E-state index in [0.717, 1.165) is 12.1 Å². The normalized spacial score (nSPS) is 13.5. The molecule has 29 heavy (non-hydrogen) atoms. The topological polar surface area (TPSA) is 114 Å². The van der Waals surface area contributed by atoms with E-state index in [9.17, 15) is 48.0 Å². The van der Waals surface area contributed by atoms with Crippen molar-refractivity contribution < 1.29 is 52.7 Å². The van der Waals surface area contributed by atoms with Gasteiger partial charge in [0.05, 0.1) is 12.3 Å². The molecule has 1 heterocycles. The largest absolute Gasteiger partial charge is 0.517 e. The molecule has 162 valence electrons. The van der Waals surface area contributed by atoms with Crippen molar-refractivity contribution in [2.24, 2.45) is 0 Å². The number of H-pyrrole nitrogens is 1. The number of fused-ring (bicyclic) bond motifs is 1. The van der Waals surface area contributed by atoms with Gasteiger partial charge in [-0.1, -0.05) is 0 Å². The number of hydrogen-bond donors (Lipinski definition) is 1. The second-order valence-corrected chi connectivity index (χ2v) is 9.06. The van der Waals surface area contributed by atoms with Gasteiger partial charge in [0, 0.05) is 10.9 Å². The highest BCUT2D eigenvalue weighted by Crippen LogP contribution is 2.39. The lowest BCUT2D eigenvalue weighted by atomic mass is 10.2. The third-order valence-electron chi connectivity index (χ3n) is 3.33. The first-order valence-corrected chi connectivity index (χ1v) is 10.1. The van der Waals surface area contributed by atoms with Gasteiger partial charge in [0.15, 0.2) is 0 Å². The van der Waals surface area contributed by atoms with Gasteiger partial charge in [-0.3, -0.25) is 0 Å². The van der Waals surface area contributed by atoms with Crippen LogP contribution in [0.5, 0.6) is 0 Å². The Morgan fingerprint density at radius 1 is 1.00 bits per heavy atom. The summed E-state index contributed by atoms with van der Waals surface area (Å²) in [5, 5.41) is -0.245. The number of ether oxygens (including phenoxy) is 1. The predicted octanol–water partition coefficient (Wildman–Crippen LogP) is 2.85. The van der Waals surface area contributed by atoms with Crippen LogP contribution in [0.25, 0.3) is 10.9 Å². The van der Waals surface area contributed by atoms with Crippen molar-refractivity contribution in [2.75, 3.05) is 10.3 Å². The van der Waals surface area contributed by atoms with Crippen LogP contribution < -0.4 is 3.71 Å². The number of rotatable bonds is 5. The first-order valence-electron chi connectivity index (χ1n) is 7.27. The third kappa shape index (κ3) is 3.98. The molecule has 0 radical (unpaired) electrons. The van der Waals surface area contributed by atoms with E-state index in [1.54, 1.807) is 0 Å². The average molecular weight is 468 g/mol. The number of alkyl halides is 6. The van der Waals surface area contributed by atoms with Crippen molar-refractivity contribution in [3.63, 3.8) is 0 Å². The number of carbonyl (C=O) groups is 1. The van der Waals surface area contributed by atoms with Crippen LogP contribution in [0.4, 0.5) is 32.0 Å². The maximum atomic E-state index is 12.9. The zero-order chi connectivity index (χ0) is 22.4. The summed E-state index contributed by atoms with van der Waals surface area (Å²) < 4.78 is 127. The molecule has 1 N–H and O–H groups in total. The van der Waals surface area contributed by atoms with E-state index in [0.29, 0.717) is 12.1 Å². The SMILES string of the molecule is CCOC(=O)c1cc2cc(N(S(=O)(=O)C(F)(F)F)S(=O)(=O)C(F)(F)F)ccc2[nH]1. The molecule has 1 aromatic heterocycles. The van der Waals surface area contributed by atoms with E-state index in [4.69, 9.17) is 0 Å². The zero-order valence-corrected chi connectivity index (χ0v) is 15.6. The number of esters is 1. The van der Waals surface area contributed by atoms with Crippen LogP contribution >= 0.6 is 0 Å². The van der Waals surface area contributed by atoms with Gasteiger partial charge in [-0.25, -0.2) is 4.79 Å². The van der Waals surface area contributed by atoms with Gasteiger partial charge in [-0.15, -0.1) is 3.71 Å². The van der Waals surface area contributed by atoms with Crippen LogP contribution in [0, 0.1) is 0 Å². The second kappa shape index (κ2) is 7.08. The van der Waals surface area contributed by atoms with Gasteiger partial charge in [0.25, 0.3) is 0 Å². The number of halogens is 6. The van der Waals surface area contributed by atoms with E-state index in [1.807, 2.05) is 0 Å². The summed E-state index contributed by atoms with van der Waals surface area (Å²) in [6.07, 6.45) is 0. The minimum absolute atomic E-state index is 0.00873. The van der Waals surface area contributed by atoms with Crippen molar-refractivity contribution in [2.45, 2.75) is 17.9 Å². The summed E-state index contributed by atoms with van der Waals surface area (Å²) >= 11 is 0. The molecular formula is C13H10F6N2O6S2. The molecule has 2 rings (SSSR count). The average Bonchev–Trinajstić information content (AvgIpc) is 2.96. The van der Waals surface area contributed by atoms with Crippen molar-refractivity contribution in [3.8, 4) is 0 Å². The first-order chi connectivity index (χ1) is 13.0. The van der Waals surface area contributed by atoms with Crippen LogP contribution in [0.2, 0.25) is 0 Å². The molecule has 16 heteroatoms. The lowest BCUT2D eigenvalue weighted by molar-refractivity contribution is -0.0462. The van der Waals surface area contributed by atoms with Crippen LogP contribution in [0.3, 0.4) is 0 Å².